The summed E-state index contributed by atoms with van der Waals surface area (Å²) in [5, 5.41) is 4.03. The molecule has 10 heavy (non-hydrogen) atoms. The third-order valence-electron chi connectivity index (χ3n) is 1.34. The highest BCUT2D eigenvalue weighted by atomic mass is 16.6. The molecule has 0 atom stereocenters. The third-order valence-corrected chi connectivity index (χ3v) is 1.34. The van der Waals surface area contributed by atoms with Gasteiger partial charge in [0.1, 0.15) is 6.61 Å². The number of hydrogen-bond acceptors (Lipinski definition) is 3. The minimum absolute atomic E-state index is 0.424. The first-order valence-corrected chi connectivity index (χ1v) is 3.21. The molecule has 4 heteroatoms. The van der Waals surface area contributed by atoms with Gasteiger partial charge in [-0.1, -0.05) is 0 Å². The summed E-state index contributed by atoms with van der Waals surface area (Å²) in [6.45, 7) is 3.30. The Morgan fingerprint density at radius 3 is 3.20 bits per heavy atom. The zero-order valence-corrected chi connectivity index (χ0v) is 5.95. The monoisotopic (exact) mass is 141 g/mol. The van der Waals surface area contributed by atoms with E-state index in [2.05, 4.69) is 9.94 Å². The van der Waals surface area contributed by atoms with Crippen molar-refractivity contribution in [2.24, 2.45) is 5.90 Å². The average molecular weight is 141 g/mol. The standard InChI is InChI=1S/C6H11N3O/c1-2-9-6(5-10-7)3-4-8-9/h3-4H,2,5,7H2,1H3. The van der Waals surface area contributed by atoms with Gasteiger partial charge in [-0.15, -0.1) is 0 Å². The minimum atomic E-state index is 0.424. The molecule has 0 bridgehead atoms. The van der Waals surface area contributed by atoms with Crippen molar-refractivity contribution in [3.63, 3.8) is 0 Å². The minimum Gasteiger partial charge on any atom is -0.298 e. The first-order valence-electron chi connectivity index (χ1n) is 3.21. The summed E-state index contributed by atoms with van der Waals surface area (Å²) in [6.07, 6.45) is 1.73. The lowest BCUT2D eigenvalue weighted by Crippen LogP contribution is -2.06. The summed E-state index contributed by atoms with van der Waals surface area (Å²) in [5.74, 6) is 4.90. The second kappa shape index (κ2) is 3.34. The van der Waals surface area contributed by atoms with Crippen molar-refractivity contribution in [1.29, 1.82) is 0 Å². The van der Waals surface area contributed by atoms with Gasteiger partial charge in [0.15, 0.2) is 0 Å². The van der Waals surface area contributed by atoms with E-state index in [1.165, 1.54) is 0 Å². The molecule has 0 radical (unpaired) electrons. The van der Waals surface area contributed by atoms with E-state index in [9.17, 15) is 0 Å². The first-order chi connectivity index (χ1) is 4.88. The zero-order chi connectivity index (χ0) is 7.40. The molecular formula is C6H11N3O. The van der Waals surface area contributed by atoms with Crippen LogP contribution in [-0.2, 0) is 18.0 Å². The van der Waals surface area contributed by atoms with Crippen LogP contribution in [-0.4, -0.2) is 9.78 Å². The van der Waals surface area contributed by atoms with Crippen molar-refractivity contribution in [1.82, 2.24) is 9.78 Å². The summed E-state index contributed by atoms with van der Waals surface area (Å²) < 4.78 is 1.84. The molecule has 0 saturated heterocycles. The molecule has 0 unspecified atom stereocenters. The Balaban J connectivity index is 2.70. The van der Waals surface area contributed by atoms with Crippen LogP contribution in [0.3, 0.4) is 0 Å². The fourth-order valence-corrected chi connectivity index (χ4v) is 0.853. The Bertz CT molecular complexity index is 197. The van der Waals surface area contributed by atoms with Crippen LogP contribution in [0.15, 0.2) is 12.3 Å². The zero-order valence-electron chi connectivity index (χ0n) is 5.95. The summed E-state index contributed by atoms with van der Waals surface area (Å²) in [7, 11) is 0. The highest BCUT2D eigenvalue weighted by Gasteiger charge is 1.97. The molecule has 1 rings (SSSR count). The van der Waals surface area contributed by atoms with Gasteiger partial charge in [-0.05, 0) is 13.0 Å². The van der Waals surface area contributed by atoms with E-state index in [-0.39, 0.29) is 0 Å². The number of aromatic nitrogens is 2. The van der Waals surface area contributed by atoms with Crippen molar-refractivity contribution >= 4 is 0 Å². The first kappa shape index (κ1) is 7.24. The molecule has 56 valence electrons. The maximum Gasteiger partial charge on any atom is 0.110 e. The second-order valence-electron chi connectivity index (χ2n) is 1.95. The van der Waals surface area contributed by atoms with Gasteiger partial charge >= 0.3 is 0 Å². The number of nitrogens with zero attached hydrogens (tertiary/aromatic N) is 2. The lowest BCUT2D eigenvalue weighted by atomic mass is 10.4. The van der Waals surface area contributed by atoms with Crippen molar-refractivity contribution < 1.29 is 4.84 Å². The van der Waals surface area contributed by atoms with Gasteiger partial charge in [0, 0.05) is 12.7 Å². The highest BCUT2D eigenvalue weighted by molar-refractivity contribution is 4.98. The van der Waals surface area contributed by atoms with E-state index >= 15 is 0 Å². The molecule has 1 aromatic heterocycles. The number of hydrogen-bond donors (Lipinski definition) is 1. The second-order valence-corrected chi connectivity index (χ2v) is 1.95. The van der Waals surface area contributed by atoms with Crippen LogP contribution < -0.4 is 5.90 Å². The normalized spacial score (nSPS) is 10.2. The molecular weight excluding hydrogens is 130 g/mol. The van der Waals surface area contributed by atoms with Gasteiger partial charge in [-0.25, -0.2) is 5.90 Å². The predicted molar refractivity (Wildman–Crippen MR) is 36.9 cm³/mol. The van der Waals surface area contributed by atoms with E-state index < -0.39 is 0 Å². The van der Waals surface area contributed by atoms with Crippen LogP contribution in [0, 0.1) is 0 Å². The maximum atomic E-state index is 4.90. The number of rotatable bonds is 3. The molecule has 1 aromatic rings. The molecule has 0 saturated carbocycles. The van der Waals surface area contributed by atoms with Crippen LogP contribution in [0.2, 0.25) is 0 Å². The molecule has 4 nitrogen and oxygen atoms in total. The molecule has 2 N–H and O–H groups in total. The van der Waals surface area contributed by atoms with Crippen LogP contribution in [0.1, 0.15) is 12.6 Å². The fraction of sp³-hybridized carbons (Fsp3) is 0.500. The van der Waals surface area contributed by atoms with E-state index in [1.54, 1.807) is 6.20 Å². The predicted octanol–water partition coefficient (Wildman–Crippen LogP) is 0.293. The highest BCUT2D eigenvalue weighted by Crippen LogP contribution is 1.98. The van der Waals surface area contributed by atoms with Gasteiger partial charge in [0.25, 0.3) is 0 Å². The van der Waals surface area contributed by atoms with Crippen molar-refractivity contribution in [3.05, 3.63) is 18.0 Å². The third kappa shape index (κ3) is 1.34. The Kier molecular flexibility index (Phi) is 2.42. The summed E-state index contributed by atoms with van der Waals surface area (Å²) >= 11 is 0. The largest absolute Gasteiger partial charge is 0.298 e. The van der Waals surface area contributed by atoms with Gasteiger partial charge in [0.05, 0.1) is 5.69 Å². The van der Waals surface area contributed by atoms with Crippen LogP contribution >= 0.6 is 0 Å². The number of aryl methyl sites for hydroxylation is 1. The van der Waals surface area contributed by atoms with Crippen LogP contribution in [0.4, 0.5) is 0 Å². The lowest BCUT2D eigenvalue weighted by Gasteiger charge is -2.00. The lowest BCUT2D eigenvalue weighted by molar-refractivity contribution is 0.118. The van der Waals surface area contributed by atoms with Crippen LogP contribution in [0.25, 0.3) is 0 Å². The average Bonchev–Trinajstić information content (AvgIpc) is 2.36. The molecule has 0 spiro atoms. The Morgan fingerprint density at radius 2 is 2.60 bits per heavy atom. The number of nitrogens with two attached hydrogens (primary N) is 1. The maximum absolute atomic E-state index is 4.90. The quantitative estimate of drug-likeness (QED) is 0.616. The molecule has 0 fully saturated rings. The SMILES string of the molecule is CCn1nccc1CON. The topological polar surface area (TPSA) is 53.1 Å². The molecule has 0 aliphatic carbocycles. The summed E-state index contributed by atoms with van der Waals surface area (Å²) in [5.41, 5.74) is 1.00. The van der Waals surface area contributed by atoms with Crippen LogP contribution in [0.5, 0.6) is 0 Å². The molecule has 0 aliphatic rings. The summed E-state index contributed by atoms with van der Waals surface area (Å²) in [6, 6.07) is 1.89. The molecule has 0 aromatic carbocycles. The van der Waals surface area contributed by atoms with E-state index in [0.29, 0.717) is 6.61 Å². The Hall–Kier alpha value is -0.870. The van der Waals surface area contributed by atoms with Crippen molar-refractivity contribution in [2.45, 2.75) is 20.1 Å². The molecule has 0 aliphatic heterocycles. The fourth-order valence-electron chi connectivity index (χ4n) is 0.853. The van der Waals surface area contributed by atoms with Gasteiger partial charge in [0.2, 0.25) is 0 Å². The smallest absolute Gasteiger partial charge is 0.110 e. The van der Waals surface area contributed by atoms with Crippen molar-refractivity contribution in [3.8, 4) is 0 Å². The van der Waals surface area contributed by atoms with Crippen molar-refractivity contribution in [2.75, 3.05) is 0 Å². The van der Waals surface area contributed by atoms with E-state index in [4.69, 9.17) is 5.90 Å². The van der Waals surface area contributed by atoms with Gasteiger partial charge < -0.3 is 0 Å². The Labute approximate surface area is 59.5 Å². The van der Waals surface area contributed by atoms with Gasteiger partial charge in [-0.2, -0.15) is 5.10 Å². The summed E-state index contributed by atoms with van der Waals surface area (Å²) in [4.78, 5) is 4.47. The van der Waals surface area contributed by atoms with E-state index in [1.807, 2.05) is 17.7 Å². The molecule has 1 heterocycles. The molecule has 0 amide bonds. The van der Waals surface area contributed by atoms with Gasteiger partial charge in [-0.3, -0.25) is 9.52 Å². The van der Waals surface area contributed by atoms with E-state index in [0.717, 1.165) is 12.2 Å². The Morgan fingerprint density at radius 1 is 1.80 bits per heavy atom.